The first-order chi connectivity index (χ1) is 3.13. The van der Waals surface area contributed by atoms with Crippen LogP contribution in [-0.4, -0.2) is 36.5 Å². The molecule has 0 spiro atoms. The van der Waals surface area contributed by atoms with E-state index >= 15 is 0 Å². The average molecular weight is 238 g/mol. The predicted molar refractivity (Wildman–Crippen MR) is 34.3 cm³/mol. The number of hydrogen-bond donors (Lipinski definition) is 0. The van der Waals surface area contributed by atoms with Gasteiger partial charge in [-0.3, -0.25) is 0 Å². The van der Waals surface area contributed by atoms with Crippen molar-refractivity contribution < 1.29 is 18.9 Å². The second kappa shape index (κ2) is 9.61. The van der Waals surface area contributed by atoms with Gasteiger partial charge in [-0.05, 0) is 0 Å². The maximum atomic E-state index is 9.43. The zero-order chi connectivity index (χ0) is 5.86. The van der Waals surface area contributed by atoms with E-state index in [2.05, 4.69) is 0 Å². The Bertz CT molecular complexity index is 94.7. The third kappa shape index (κ3) is 17.7. The van der Waals surface area contributed by atoms with Crippen molar-refractivity contribution in [3.8, 4) is 0 Å². The number of hydrogen-bond acceptors (Lipinski definition) is 5. The van der Waals surface area contributed by atoms with Crippen molar-refractivity contribution >= 4 is 61.9 Å². The summed E-state index contributed by atoms with van der Waals surface area (Å²) in [6, 6.07) is 0. The SMILES string of the molecule is O=[P+]([O-])S[P+](=O)[O-].[Ge].[Li]. The summed E-state index contributed by atoms with van der Waals surface area (Å²) in [6.07, 6.45) is 0. The van der Waals surface area contributed by atoms with Crippen molar-refractivity contribution in [2.75, 3.05) is 0 Å². The summed E-state index contributed by atoms with van der Waals surface area (Å²) in [5.41, 5.74) is 0. The summed E-state index contributed by atoms with van der Waals surface area (Å²) in [6.45, 7) is 0. The molecular formula is GeLiO4P2S. The van der Waals surface area contributed by atoms with E-state index in [1.807, 2.05) is 0 Å². The maximum absolute atomic E-state index is 9.43. The van der Waals surface area contributed by atoms with Gasteiger partial charge < -0.3 is 9.79 Å². The fourth-order valence-electron chi connectivity index (χ4n) is 0.0544. The first-order valence-electron chi connectivity index (χ1n) is 1.10. The molecule has 0 saturated heterocycles. The Morgan fingerprint density at radius 1 is 1.11 bits per heavy atom. The Labute approximate surface area is 80.6 Å². The fourth-order valence-corrected chi connectivity index (χ4v) is 1.47. The Kier molecular flexibility index (Phi) is 18.1. The third-order valence-corrected chi connectivity index (χ3v) is 3.60. The zero-order valence-electron chi connectivity index (χ0n) is 4.44. The van der Waals surface area contributed by atoms with Crippen molar-refractivity contribution in [3.63, 3.8) is 0 Å². The second-order valence-corrected chi connectivity index (χ2v) is 5.34. The number of rotatable bonds is 2. The van der Waals surface area contributed by atoms with Gasteiger partial charge >= 0.3 is 25.5 Å². The van der Waals surface area contributed by atoms with Gasteiger partial charge in [-0.15, -0.1) is 0 Å². The van der Waals surface area contributed by atoms with Crippen molar-refractivity contribution in [2.45, 2.75) is 0 Å². The summed E-state index contributed by atoms with van der Waals surface area (Å²) in [5, 5.41) is 0. The summed E-state index contributed by atoms with van der Waals surface area (Å²) in [5.74, 6) is 0. The van der Waals surface area contributed by atoms with Gasteiger partial charge in [-0.2, -0.15) is 0 Å². The van der Waals surface area contributed by atoms with Crippen LogP contribution in [0.3, 0.4) is 0 Å². The van der Waals surface area contributed by atoms with Crippen LogP contribution in [0.1, 0.15) is 0 Å². The molecule has 5 radical (unpaired) electrons. The van der Waals surface area contributed by atoms with Gasteiger partial charge in [0.2, 0.25) is 0 Å². The minimum absolute atomic E-state index is 0. The molecule has 0 aromatic carbocycles. The standard InChI is InChI=1S/Ge.Li.O4P2S/c;;1-5(2)7-6(3)4. The molecule has 0 saturated carbocycles. The van der Waals surface area contributed by atoms with Gasteiger partial charge in [-0.1, -0.05) is 9.13 Å². The van der Waals surface area contributed by atoms with Crippen LogP contribution < -0.4 is 9.79 Å². The van der Waals surface area contributed by atoms with E-state index in [1.54, 1.807) is 0 Å². The van der Waals surface area contributed by atoms with Crippen LogP contribution in [0, 0.1) is 0 Å². The van der Waals surface area contributed by atoms with Crippen molar-refractivity contribution in [1.29, 1.82) is 0 Å². The first kappa shape index (κ1) is 16.9. The summed E-state index contributed by atoms with van der Waals surface area (Å²) in [4.78, 5) is 18.9. The van der Waals surface area contributed by atoms with Crippen LogP contribution in [0.25, 0.3) is 0 Å². The molecule has 0 aromatic heterocycles. The van der Waals surface area contributed by atoms with Crippen LogP contribution in [0.5, 0.6) is 0 Å². The molecule has 0 aliphatic heterocycles. The Hall–Kier alpha value is 1.61. The van der Waals surface area contributed by atoms with E-state index in [9.17, 15) is 18.9 Å². The molecule has 0 aromatic rings. The summed E-state index contributed by atoms with van der Waals surface area (Å²) >= 11 is -0.0833. The Morgan fingerprint density at radius 2 is 1.33 bits per heavy atom. The summed E-state index contributed by atoms with van der Waals surface area (Å²) in [7, 11) is -5.64. The third-order valence-electron chi connectivity index (χ3n) is 0.133. The Balaban J connectivity index is -0.000000180. The van der Waals surface area contributed by atoms with Gasteiger partial charge in [0.25, 0.3) is 0 Å². The molecule has 4 nitrogen and oxygen atoms in total. The molecule has 0 fully saturated rings. The van der Waals surface area contributed by atoms with Crippen LogP contribution in [0.2, 0.25) is 0 Å². The van der Waals surface area contributed by atoms with E-state index in [0.29, 0.717) is 0 Å². The first-order valence-corrected chi connectivity index (χ1v) is 5.48. The molecule has 0 rings (SSSR count). The molecule has 0 amide bonds. The van der Waals surface area contributed by atoms with Gasteiger partial charge in [0.05, 0.1) is 0 Å². The van der Waals surface area contributed by atoms with E-state index < -0.39 is 14.5 Å². The normalized spacial score (nSPS) is 10.4. The van der Waals surface area contributed by atoms with Gasteiger partial charge in [0, 0.05) is 36.5 Å². The maximum Gasteiger partial charge on any atom is 0.438 e. The second-order valence-electron chi connectivity index (χ2n) is 0.529. The molecule has 9 heavy (non-hydrogen) atoms. The largest absolute Gasteiger partial charge is 0.581 e. The fraction of sp³-hybridized carbons (Fsp3) is 0. The molecular weight excluding hydrogens is 238 g/mol. The molecule has 0 bridgehead atoms. The molecule has 0 heterocycles. The Morgan fingerprint density at radius 3 is 1.33 bits per heavy atom. The smallest absolute Gasteiger partial charge is 0.438 e. The molecule has 2 atom stereocenters. The van der Waals surface area contributed by atoms with E-state index in [-0.39, 0.29) is 47.5 Å². The van der Waals surface area contributed by atoms with Gasteiger partial charge in [0.1, 0.15) is 0 Å². The van der Waals surface area contributed by atoms with Crippen molar-refractivity contribution in [2.24, 2.45) is 0 Å². The van der Waals surface area contributed by atoms with Crippen LogP contribution in [-0.2, 0) is 9.13 Å². The van der Waals surface area contributed by atoms with Gasteiger partial charge in [-0.25, -0.2) is 0 Å². The molecule has 0 aliphatic rings. The summed E-state index contributed by atoms with van der Waals surface area (Å²) < 4.78 is 18.9. The van der Waals surface area contributed by atoms with E-state index in [1.165, 1.54) is 0 Å². The van der Waals surface area contributed by atoms with Crippen LogP contribution >= 0.6 is 25.5 Å². The molecule has 0 N–H and O–H groups in total. The zero-order valence-corrected chi connectivity index (χ0v) is 9.14. The van der Waals surface area contributed by atoms with E-state index in [4.69, 9.17) is 0 Å². The quantitative estimate of drug-likeness (QED) is 0.454. The molecule has 2 unspecified atom stereocenters. The van der Waals surface area contributed by atoms with Crippen LogP contribution in [0.15, 0.2) is 0 Å². The minimum Gasteiger partial charge on any atom is -0.581 e. The molecule has 45 valence electrons. The van der Waals surface area contributed by atoms with Crippen molar-refractivity contribution in [1.82, 2.24) is 0 Å². The van der Waals surface area contributed by atoms with Crippen LogP contribution in [0.4, 0.5) is 0 Å². The topological polar surface area (TPSA) is 80.3 Å². The van der Waals surface area contributed by atoms with Crippen molar-refractivity contribution in [3.05, 3.63) is 0 Å². The average Bonchev–Trinajstić information content (AvgIpc) is 1.27. The van der Waals surface area contributed by atoms with Gasteiger partial charge in [0.15, 0.2) is 0 Å². The predicted octanol–water partition coefficient (Wildman–Crippen LogP) is -1.01. The molecule has 9 heteroatoms. The van der Waals surface area contributed by atoms with E-state index in [0.717, 1.165) is 0 Å². The molecule has 0 aliphatic carbocycles. The minimum atomic E-state index is -2.82. The monoisotopic (exact) mass is 239 g/mol.